The van der Waals surface area contributed by atoms with Crippen LogP contribution in [0.5, 0.6) is 0 Å². The maximum Gasteiger partial charge on any atom is 0.223 e. The third kappa shape index (κ3) is 3.35. The van der Waals surface area contributed by atoms with E-state index in [9.17, 15) is 4.79 Å². The third-order valence-electron chi connectivity index (χ3n) is 3.72. The number of hydrogen-bond acceptors (Lipinski definition) is 1. The van der Waals surface area contributed by atoms with Crippen LogP contribution in [0.2, 0.25) is 0 Å². The predicted molar refractivity (Wildman–Crippen MR) is 77.3 cm³/mol. The maximum absolute atomic E-state index is 12.1. The standard InChI is InChI=1S/C15H20BrNO/c1-2-14(11-7-9-13(16)10-8-11)17-15(18)12-5-3-4-6-12/h7-10,12,14H,2-6H2,1H3,(H,17,18). The molecule has 1 aromatic rings. The summed E-state index contributed by atoms with van der Waals surface area (Å²) < 4.78 is 1.07. The van der Waals surface area contributed by atoms with Crippen molar-refractivity contribution in [2.75, 3.05) is 0 Å². The zero-order valence-electron chi connectivity index (χ0n) is 10.8. The molecule has 98 valence electrons. The van der Waals surface area contributed by atoms with E-state index in [1.54, 1.807) is 0 Å². The van der Waals surface area contributed by atoms with E-state index >= 15 is 0 Å². The van der Waals surface area contributed by atoms with E-state index in [0.29, 0.717) is 0 Å². The molecule has 0 radical (unpaired) electrons. The second-order valence-electron chi connectivity index (χ2n) is 5.00. The first kappa shape index (κ1) is 13.6. The SMILES string of the molecule is CCC(NC(=O)C1CCCC1)c1ccc(Br)cc1. The molecule has 1 saturated carbocycles. The number of benzene rings is 1. The van der Waals surface area contributed by atoms with E-state index in [1.807, 2.05) is 12.1 Å². The molecule has 1 fully saturated rings. The molecule has 0 aromatic heterocycles. The Labute approximate surface area is 117 Å². The number of carbonyl (C=O) groups is 1. The van der Waals surface area contributed by atoms with Crippen molar-refractivity contribution in [2.24, 2.45) is 5.92 Å². The lowest BCUT2D eigenvalue weighted by atomic mass is 10.0. The summed E-state index contributed by atoms with van der Waals surface area (Å²) in [7, 11) is 0. The molecular formula is C15H20BrNO. The van der Waals surface area contributed by atoms with Crippen LogP contribution in [0, 0.1) is 5.92 Å². The van der Waals surface area contributed by atoms with Crippen LogP contribution in [0.3, 0.4) is 0 Å². The average molecular weight is 310 g/mol. The van der Waals surface area contributed by atoms with Gasteiger partial charge in [-0.25, -0.2) is 0 Å². The molecular weight excluding hydrogens is 290 g/mol. The highest BCUT2D eigenvalue weighted by molar-refractivity contribution is 9.10. The lowest BCUT2D eigenvalue weighted by Gasteiger charge is -2.20. The maximum atomic E-state index is 12.1. The smallest absolute Gasteiger partial charge is 0.223 e. The summed E-state index contributed by atoms with van der Waals surface area (Å²) in [6, 6.07) is 8.35. The topological polar surface area (TPSA) is 29.1 Å². The van der Waals surface area contributed by atoms with Gasteiger partial charge in [-0.05, 0) is 37.0 Å². The number of carbonyl (C=O) groups excluding carboxylic acids is 1. The first-order valence-corrected chi connectivity index (χ1v) is 7.56. The number of nitrogens with one attached hydrogen (secondary N) is 1. The Balaban J connectivity index is 2.00. The summed E-state index contributed by atoms with van der Waals surface area (Å²) in [6.07, 6.45) is 5.45. The van der Waals surface area contributed by atoms with Gasteiger partial charge in [0.05, 0.1) is 6.04 Å². The van der Waals surface area contributed by atoms with Gasteiger partial charge in [-0.3, -0.25) is 4.79 Å². The average Bonchev–Trinajstić information content (AvgIpc) is 2.91. The number of halogens is 1. The fourth-order valence-corrected chi connectivity index (χ4v) is 2.86. The van der Waals surface area contributed by atoms with Crippen LogP contribution in [0.1, 0.15) is 50.6 Å². The monoisotopic (exact) mass is 309 g/mol. The molecule has 18 heavy (non-hydrogen) atoms. The molecule has 0 spiro atoms. The van der Waals surface area contributed by atoms with E-state index in [-0.39, 0.29) is 17.9 Å². The molecule has 1 aliphatic rings. The van der Waals surface area contributed by atoms with Gasteiger partial charge in [0.1, 0.15) is 0 Å². The van der Waals surface area contributed by atoms with Gasteiger partial charge in [-0.1, -0.05) is 47.8 Å². The Morgan fingerprint density at radius 3 is 2.50 bits per heavy atom. The fourth-order valence-electron chi connectivity index (χ4n) is 2.59. The Hall–Kier alpha value is -0.830. The molecule has 0 heterocycles. The van der Waals surface area contributed by atoms with E-state index in [2.05, 4.69) is 40.3 Å². The van der Waals surface area contributed by atoms with Gasteiger partial charge in [-0.2, -0.15) is 0 Å². The minimum Gasteiger partial charge on any atom is -0.349 e. The summed E-state index contributed by atoms with van der Waals surface area (Å²) >= 11 is 3.43. The van der Waals surface area contributed by atoms with Gasteiger partial charge in [0.25, 0.3) is 0 Å². The minimum absolute atomic E-state index is 0.145. The van der Waals surface area contributed by atoms with Crippen LogP contribution in [-0.2, 0) is 4.79 Å². The van der Waals surface area contributed by atoms with Crippen molar-refractivity contribution in [1.82, 2.24) is 5.32 Å². The highest BCUT2D eigenvalue weighted by atomic mass is 79.9. The van der Waals surface area contributed by atoms with Crippen LogP contribution < -0.4 is 5.32 Å². The molecule has 1 aromatic carbocycles. The second-order valence-corrected chi connectivity index (χ2v) is 5.92. The van der Waals surface area contributed by atoms with Crippen LogP contribution in [0.25, 0.3) is 0 Å². The van der Waals surface area contributed by atoms with Crippen molar-refractivity contribution in [3.63, 3.8) is 0 Å². The lowest BCUT2D eigenvalue weighted by molar-refractivity contribution is -0.125. The molecule has 0 saturated heterocycles. The molecule has 1 atom stereocenters. The summed E-state index contributed by atoms with van der Waals surface area (Å²) in [5.41, 5.74) is 1.19. The van der Waals surface area contributed by atoms with Gasteiger partial charge < -0.3 is 5.32 Å². The van der Waals surface area contributed by atoms with E-state index in [4.69, 9.17) is 0 Å². The fraction of sp³-hybridized carbons (Fsp3) is 0.533. The minimum atomic E-state index is 0.145. The molecule has 0 bridgehead atoms. The predicted octanol–water partition coefficient (Wildman–Crippen LogP) is 4.21. The first-order valence-electron chi connectivity index (χ1n) is 6.76. The Kier molecular flexibility index (Phi) is 4.81. The summed E-state index contributed by atoms with van der Waals surface area (Å²) in [4.78, 5) is 12.1. The van der Waals surface area contributed by atoms with Crippen LogP contribution in [0.4, 0.5) is 0 Å². The van der Waals surface area contributed by atoms with Gasteiger partial charge in [0.15, 0.2) is 0 Å². The highest BCUT2D eigenvalue weighted by Gasteiger charge is 2.24. The van der Waals surface area contributed by atoms with E-state index in [0.717, 1.165) is 23.7 Å². The quantitative estimate of drug-likeness (QED) is 0.887. The molecule has 1 amide bonds. The Morgan fingerprint density at radius 2 is 1.94 bits per heavy atom. The molecule has 2 nitrogen and oxygen atoms in total. The number of hydrogen-bond donors (Lipinski definition) is 1. The van der Waals surface area contributed by atoms with E-state index in [1.165, 1.54) is 18.4 Å². The van der Waals surface area contributed by atoms with Crippen molar-refractivity contribution < 1.29 is 4.79 Å². The van der Waals surface area contributed by atoms with Crippen molar-refractivity contribution in [1.29, 1.82) is 0 Å². The summed E-state index contributed by atoms with van der Waals surface area (Å²) in [6.45, 7) is 2.11. The van der Waals surface area contributed by atoms with Gasteiger partial charge in [-0.15, -0.1) is 0 Å². The summed E-state index contributed by atoms with van der Waals surface area (Å²) in [5.74, 6) is 0.483. The zero-order chi connectivity index (χ0) is 13.0. The first-order chi connectivity index (χ1) is 8.70. The zero-order valence-corrected chi connectivity index (χ0v) is 12.4. The van der Waals surface area contributed by atoms with Gasteiger partial charge >= 0.3 is 0 Å². The molecule has 1 N–H and O–H groups in total. The second kappa shape index (κ2) is 6.37. The third-order valence-corrected chi connectivity index (χ3v) is 4.25. The van der Waals surface area contributed by atoms with Crippen molar-refractivity contribution >= 4 is 21.8 Å². The van der Waals surface area contributed by atoms with Crippen LogP contribution in [0.15, 0.2) is 28.7 Å². The molecule has 0 aliphatic heterocycles. The highest BCUT2D eigenvalue weighted by Crippen LogP contribution is 2.26. The van der Waals surface area contributed by atoms with Crippen molar-refractivity contribution in [3.8, 4) is 0 Å². The Bertz CT molecular complexity index is 395. The van der Waals surface area contributed by atoms with Crippen LogP contribution >= 0.6 is 15.9 Å². The summed E-state index contributed by atoms with van der Waals surface area (Å²) in [5, 5.41) is 3.19. The number of amides is 1. The van der Waals surface area contributed by atoms with Crippen molar-refractivity contribution in [3.05, 3.63) is 34.3 Å². The van der Waals surface area contributed by atoms with Crippen LogP contribution in [-0.4, -0.2) is 5.91 Å². The molecule has 1 aliphatic carbocycles. The van der Waals surface area contributed by atoms with Gasteiger partial charge in [0, 0.05) is 10.4 Å². The van der Waals surface area contributed by atoms with Gasteiger partial charge in [0.2, 0.25) is 5.91 Å². The normalized spacial score (nSPS) is 17.7. The van der Waals surface area contributed by atoms with E-state index < -0.39 is 0 Å². The Morgan fingerprint density at radius 1 is 1.33 bits per heavy atom. The number of rotatable bonds is 4. The molecule has 2 rings (SSSR count). The molecule has 1 unspecified atom stereocenters. The lowest BCUT2D eigenvalue weighted by Crippen LogP contribution is -2.32. The van der Waals surface area contributed by atoms with Crippen molar-refractivity contribution in [2.45, 2.75) is 45.1 Å². The molecule has 3 heteroatoms. The largest absolute Gasteiger partial charge is 0.349 e.